The predicted octanol–water partition coefficient (Wildman–Crippen LogP) is 0.907. The van der Waals surface area contributed by atoms with Crippen LogP contribution in [0, 0.1) is 0 Å². The molecule has 0 unspecified atom stereocenters. The van der Waals surface area contributed by atoms with Gasteiger partial charge in [0.2, 0.25) is 5.91 Å². The first kappa shape index (κ1) is 50.1. The number of carboxylic acids is 1. The monoisotopic (exact) mass is 763 g/mol. The number of nitrogens with zero attached hydrogens (tertiary/aromatic N) is 3. The molecule has 310 valence electrons. The van der Waals surface area contributed by atoms with E-state index in [2.05, 4.69) is 5.32 Å². The Morgan fingerprint density at radius 3 is 1.26 bits per heavy atom. The number of hydrogen-bond donors (Lipinski definition) is 3. The molecule has 53 heavy (non-hydrogen) atoms. The Morgan fingerprint density at radius 1 is 0.528 bits per heavy atom. The van der Waals surface area contributed by atoms with Gasteiger partial charge < -0.3 is 44.6 Å². The molecular formula is C36H69N5O12. The second-order valence-electron chi connectivity index (χ2n) is 15.5. The highest BCUT2D eigenvalue weighted by molar-refractivity contribution is 5.78. The van der Waals surface area contributed by atoms with Crippen LogP contribution in [0.3, 0.4) is 0 Å². The van der Waals surface area contributed by atoms with Crippen LogP contribution >= 0.6 is 0 Å². The Balaban J connectivity index is 5.46. The molecule has 17 heteroatoms. The van der Waals surface area contributed by atoms with Crippen molar-refractivity contribution in [3.8, 4) is 0 Å². The lowest BCUT2D eigenvalue weighted by molar-refractivity contribution is -0.160. The van der Waals surface area contributed by atoms with Crippen LogP contribution in [0.1, 0.15) is 75.2 Å². The first-order chi connectivity index (χ1) is 24.6. The fourth-order valence-electron chi connectivity index (χ4n) is 4.51. The summed E-state index contributed by atoms with van der Waals surface area (Å²) in [4.78, 5) is 67.5. The number of nitrogens with one attached hydrogen (secondary N) is 1. The third-order valence-corrected chi connectivity index (χ3v) is 6.53. The molecule has 0 aromatic heterocycles. The van der Waals surface area contributed by atoms with Crippen LogP contribution < -0.4 is 11.1 Å². The van der Waals surface area contributed by atoms with E-state index in [1.54, 1.807) is 72.1 Å². The Bertz CT molecular complexity index is 1040. The summed E-state index contributed by atoms with van der Waals surface area (Å²) in [6.45, 7) is 18.9. The van der Waals surface area contributed by atoms with E-state index in [4.69, 9.17) is 34.2 Å². The van der Waals surface area contributed by atoms with E-state index >= 15 is 0 Å². The maximum atomic E-state index is 13.0. The summed E-state index contributed by atoms with van der Waals surface area (Å²) in [5.41, 5.74) is 3.20. The van der Waals surface area contributed by atoms with E-state index in [1.165, 1.54) is 4.90 Å². The van der Waals surface area contributed by atoms with Crippen LogP contribution in [-0.4, -0.2) is 178 Å². The molecule has 0 radical (unpaired) electrons. The lowest BCUT2D eigenvalue weighted by atomic mass is 10.2. The summed E-state index contributed by atoms with van der Waals surface area (Å²) < 4.78 is 32.7. The van der Waals surface area contributed by atoms with Gasteiger partial charge in [0.15, 0.2) is 0 Å². The molecule has 17 nitrogen and oxygen atoms in total. The molecule has 0 aliphatic carbocycles. The fraction of sp³-hybridized carbons (Fsp3) is 0.861. The first-order valence-corrected chi connectivity index (χ1v) is 18.3. The largest absolute Gasteiger partial charge is 0.480 e. The molecule has 1 amide bonds. The van der Waals surface area contributed by atoms with Gasteiger partial charge in [0, 0.05) is 45.9 Å². The molecule has 0 bridgehead atoms. The average molecular weight is 764 g/mol. The number of esters is 3. The fourth-order valence-corrected chi connectivity index (χ4v) is 4.51. The Hall–Kier alpha value is -2.93. The summed E-state index contributed by atoms with van der Waals surface area (Å²) >= 11 is 0. The smallest absolute Gasteiger partial charge is 0.320 e. The zero-order chi connectivity index (χ0) is 40.5. The number of aliphatic carboxylic acids is 1. The van der Waals surface area contributed by atoms with Crippen LogP contribution in [0.4, 0.5) is 0 Å². The van der Waals surface area contributed by atoms with Crippen molar-refractivity contribution >= 4 is 29.8 Å². The number of ether oxygens (including phenoxy) is 6. The summed E-state index contributed by atoms with van der Waals surface area (Å²) in [7, 11) is 0. The van der Waals surface area contributed by atoms with Crippen molar-refractivity contribution in [2.45, 2.75) is 92.0 Å². The molecule has 0 aromatic rings. The number of amides is 1. The molecule has 0 aromatic carbocycles. The summed E-state index contributed by atoms with van der Waals surface area (Å²) in [6.07, 6.45) is 1.37. The molecule has 0 saturated heterocycles. The van der Waals surface area contributed by atoms with Crippen molar-refractivity contribution in [1.29, 1.82) is 0 Å². The van der Waals surface area contributed by atoms with Crippen LogP contribution in [0.2, 0.25) is 0 Å². The van der Waals surface area contributed by atoms with E-state index in [9.17, 15) is 29.1 Å². The summed E-state index contributed by atoms with van der Waals surface area (Å²) in [6, 6.07) is 0. The maximum absolute atomic E-state index is 13.0. The second kappa shape index (κ2) is 26.8. The SMILES string of the molecule is CC(C)(C)OC(=O)CN(CCN(CCN(CC(=O)OC(C)(C)C)CC(=O)OC(C)(C)C)CC(=O)NCCCOCCOCCOCCCN)CC(=O)O. The molecule has 0 atom stereocenters. The minimum Gasteiger partial charge on any atom is -0.480 e. The van der Waals surface area contributed by atoms with Gasteiger partial charge in [-0.05, 0) is 81.7 Å². The number of rotatable bonds is 29. The summed E-state index contributed by atoms with van der Waals surface area (Å²) in [5.74, 6) is -3.05. The van der Waals surface area contributed by atoms with E-state index in [0.717, 1.165) is 6.42 Å². The minimum atomic E-state index is -1.13. The van der Waals surface area contributed by atoms with Gasteiger partial charge in [-0.2, -0.15) is 0 Å². The van der Waals surface area contributed by atoms with E-state index in [1.807, 2.05) is 0 Å². The molecular weight excluding hydrogens is 694 g/mol. The van der Waals surface area contributed by atoms with Crippen molar-refractivity contribution in [3.05, 3.63) is 0 Å². The highest BCUT2D eigenvalue weighted by Crippen LogP contribution is 2.11. The van der Waals surface area contributed by atoms with E-state index in [0.29, 0.717) is 59.2 Å². The van der Waals surface area contributed by atoms with Gasteiger partial charge in [-0.1, -0.05) is 0 Å². The van der Waals surface area contributed by atoms with E-state index < -0.39 is 47.2 Å². The third-order valence-electron chi connectivity index (χ3n) is 6.53. The predicted molar refractivity (Wildman–Crippen MR) is 198 cm³/mol. The normalized spacial score (nSPS) is 12.3. The lowest BCUT2D eigenvalue weighted by Crippen LogP contribution is -2.48. The zero-order valence-corrected chi connectivity index (χ0v) is 33.8. The van der Waals surface area contributed by atoms with Crippen molar-refractivity contribution in [3.63, 3.8) is 0 Å². The molecule has 0 rings (SSSR count). The van der Waals surface area contributed by atoms with Gasteiger partial charge in [-0.3, -0.25) is 38.7 Å². The summed E-state index contributed by atoms with van der Waals surface area (Å²) in [5, 5.41) is 12.4. The van der Waals surface area contributed by atoms with E-state index in [-0.39, 0.29) is 58.3 Å². The van der Waals surface area contributed by atoms with Gasteiger partial charge in [0.05, 0.1) is 59.2 Å². The van der Waals surface area contributed by atoms with Crippen molar-refractivity contribution in [2.75, 3.05) is 112 Å². The number of hydrogen-bond acceptors (Lipinski definition) is 15. The minimum absolute atomic E-state index is 0.0673. The van der Waals surface area contributed by atoms with Crippen molar-refractivity contribution in [2.24, 2.45) is 5.73 Å². The quantitative estimate of drug-likeness (QED) is 0.0550. The number of carbonyl (C=O) groups excluding carboxylic acids is 4. The Morgan fingerprint density at radius 2 is 0.887 bits per heavy atom. The van der Waals surface area contributed by atoms with Crippen molar-refractivity contribution in [1.82, 2.24) is 20.0 Å². The van der Waals surface area contributed by atoms with Crippen molar-refractivity contribution < 1.29 is 57.5 Å². The molecule has 0 spiro atoms. The number of carbonyl (C=O) groups is 5. The van der Waals surface area contributed by atoms with Gasteiger partial charge >= 0.3 is 23.9 Å². The van der Waals surface area contributed by atoms with Gasteiger partial charge in [0.25, 0.3) is 0 Å². The first-order valence-electron chi connectivity index (χ1n) is 18.3. The Kier molecular flexibility index (Phi) is 25.3. The molecule has 0 heterocycles. The Labute approximate surface area is 316 Å². The third kappa shape index (κ3) is 33.4. The maximum Gasteiger partial charge on any atom is 0.320 e. The van der Waals surface area contributed by atoms with Crippen LogP contribution in [-0.2, 0) is 52.4 Å². The van der Waals surface area contributed by atoms with Gasteiger partial charge in [0.1, 0.15) is 16.8 Å². The second-order valence-corrected chi connectivity index (χ2v) is 15.5. The standard InChI is InChI=1S/C36H69N5O12/c1-34(2,3)51-31(45)26-40(25-30(43)44)16-14-39(24-29(42)38-13-11-19-49-21-23-50-22-20-48-18-10-12-37)15-17-41(27-32(46)52-35(4,5)6)28-33(47)53-36(7,8)9/h10-28,37H2,1-9H3,(H,38,42)(H,43,44). The zero-order valence-electron chi connectivity index (χ0n) is 33.8. The van der Waals surface area contributed by atoms with Crippen LogP contribution in [0.25, 0.3) is 0 Å². The molecule has 0 fully saturated rings. The van der Waals surface area contributed by atoms with Gasteiger partial charge in [-0.15, -0.1) is 0 Å². The number of carboxylic acid groups (broad SMARTS) is 1. The molecule has 0 aliphatic rings. The lowest BCUT2D eigenvalue weighted by Gasteiger charge is -2.30. The molecule has 0 aliphatic heterocycles. The highest BCUT2D eigenvalue weighted by atomic mass is 16.6. The molecule has 0 saturated carbocycles. The van der Waals surface area contributed by atoms with Crippen LogP contribution in [0.15, 0.2) is 0 Å². The highest BCUT2D eigenvalue weighted by Gasteiger charge is 2.25. The van der Waals surface area contributed by atoms with Gasteiger partial charge in [-0.25, -0.2) is 0 Å². The topological polar surface area (TPSA) is 209 Å². The van der Waals surface area contributed by atoms with Crippen LogP contribution in [0.5, 0.6) is 0 Å². The number of nitrogens with two attached hydrogens (primary N) is 1. The molecule has 4 N–H and O–H groups in total. The average Bonchev–Trinajstić information content (AvgIpc) is 2.97.